The predicted octanol–water partition coefficient (Wildman–Crippen LogP) is 3.81. The summed E-state index contributed by atoms with van der Waals surface area (Å²) in [5.41, 5.74) is 1.12. The van der Waals surface area contributed by atoms with Gasteiger partial charge in [-0.3, -0.25) is 0 Å². The number of hydrogen-bond donors (Lipinski definition) is 1. The predicted molar refractivity (Wildman–Crippen MR) is 73.2 cm³/mol. The maximum absolute atomic E-state index is 5.89. The van der Waals surface area contributed by atoms with Crippen molar-refractivity contribution < 1.29 is 4.74 Å². The Bertz CT molecular complexity index is 513. The SMILES string of the molecule is CNC(C)c1ccc(Oc2cccc(Cl)c2)nc1. The van der Waals surface area contributed by atoms with Crippen molar-refractivity contribution in [2.75, 3.05) is 7.05 Å². The van der Waals surface area contributed by atoms with E-state index in [1.165, 1.54) is 0 Å². The van der Waals surface area contributed by atoms with E-state index in [1.54, 1.807) is 18.3 Å². The lowest BCUT2D eigenvalue weighted by atomic mass is 10.1. The fourth-order valence-corrected chi connectivity index (χ4v) is 1.71. The minimum absolute atomic E-state index is 0.276. The minimum Gasteiger partial charge on any atom is -0.439 e. The molecule has 0 aliphatic rings. The molecule has 1 atom stereocenters. The molecule has 0 radical (unpaired) electrons. The molecule has 2 aromatic rings. The highest BCUT2D eigenvalue weighted by Gasteiger charge is 2.04. The van der Waals surface area contributed by atoms with E-state index in [2.05, 4.69) is 17.2 Å². The van der Waals surface area contributed by atoms with Crippen LogP contribution in [0.4, 0.5) is 0 Å². The lowest BCUT2D eigenvalue weighted by molar-refractivity contribution is 0.462. The maximum Gasteiger partial charge on any atom is 0.219 e. The molecule has 18 heavy (non-hydrogen) atoms. The monoisotopic (exact) mass is 262 g/mol. The molecule has 0 spiro atoms. The van der Waals surface area contributed by atoms with Crippen LogP contribution in [-0.2, 0) is 0 Å². The first-order chi connectivity index (χ1) is 8.69. The molecule has 94 valence electrons. The molecule has 0 saturated heterocycles. The average Bonchev–Trinajstić information content (AvgIpc) is 2.39. The second-order valence-corrected chi connectivity index (χ2v) is 4.44. The number of nitrogens with zero attached hydrogens (tertiary/aromatic N) is 1. The molecular weight excluding hydrogens is 248 g/mol. The molecule has 0 fully saturated rings. The van der Waals surface area contributed by atoms with Gasteiger partial charge in [0.05, 0.1) is 0 Å². The summed E-state index contributed by atoms with van der Waals surface area (Å²) in [5.74, 6) is 1.24. The van der Waals surface area contributed by atoms with Crippen molar-refractivity contribution in [1.82, 2.24) is 10.3 Å². The van der Waals surface area contributed by atoms with Crippen LogP contribution in [-0.4, -0.2) is 12.0 Å². The van der Waals surface area contributed by atoms with Crippen LogP contribution in [0.2, 0.25) is 5.02 Å². The third-order valence-corrected chi connectivity index (χ3v) is 2.95. The lowest BCUT2D eigenvalue weighted by Gasteiger charge is -2.10. The van der Waals surface area contributed by atoms with Crippen LogP contribution in [0.1, 0.15) is 18.5 Å². The second-order valence-electron chi connectivity index (χ2n) is 4.00. The number of pyridine rings is 1. The number of hydrogen-bond acceptors (Lipinski definition) is 3. The van der Waals surface area contributed by atoms with Crippen LogP contribution in [0.3, 0.4) is 0 Å². The topological polar surface area (TPSA) is 34.1 Å². The average molecular weight is 263 g/mol. The molecule has 2 rings (SSSR count). The highest BCUT2D eigenvalue weighted by atomic mass is 35.5. The van der Waals surface area contributed by atoms with Gasteiger partial charge in [0.2, 0.25) is 5.88 Å². The highest BCUT2D eigenvalue weighted by Crippen LogP contribution is 2.23. The molecule has 3 nitrogen and oxygen atoms in total. The quantitative estimate of drug-likeness (QED) is 0.910. The van der Waals surface area contributed by atoms with Crippen molar-refractivity contribution in [1.29, 1.82) is 0 Å². The molecular formula is C14H15ClN2O. The fourth-order valence-electron chi connectivity index (χ4n) is 1.53. The summed E-state index contributed by atoms with van der Waals surface area (Å²) >= 11 is 5.89. The van der Waals surface area contributed by atoms with Crippen LogP contribution < -0.4 is 10.1 Å². The number of rotatable bonds is 4. The van der Waals surface area contributed by atoms with Gasteiger partial charge in [-0.2, -0.15) is 0 Å². The first kappa shape index (κ1) is 12.9. The van der Waals surface area contributed by atoms with Gasteiger partial charge in [0.1, 0.15) is 5.75 Å². The third-order valence-electron chi connectivity index (χ3n) is 2.71. The Morgan fingerprint density at radius 1 is 1.28 bits per heavy atom. The standard InChI is InChI=1S/C14H15ClN2O/c1-10(16-2)11-6-7-14(17-9-11)18-13-5-3-4-12(15)8-13/h3-10,16H,1-2H3. The van der Waals surface area contributed by atoms with Crippen LogP contribution in [0.5, 0.6) is 11.6 Å². The Hall–Kier alpha value is -1.58. The van der Waals surface area contributed by atoms with Crippen molar-refractivity contribution in [3.63, 3.8) is 0 Å². The van der Waals surface area contributed by atoms with Gasteiger partial charge in [-0.1, -0.05) is 23.7 Å². The Kier molecular flexibility index (Phi) is 4.18. The van der Waals surface area contributed by atoms with Gasteiger partial charge in [0.25, 0.3) is 0 Å². The summed E-state index contributed by atoms with van der Waals surface area (Å²) in [6, 6.07) is 11.4. The van der Waals surface area contributed by atoms with Crippen molar-refractivity contribution in [2.45, 2.75) is 13.0 Å². The summed E-state index contributed by atoms with van der Waals surface area (Å²) < 4.78 is 5.61. The molecule has 0 amide bonds. The van der Waals surface area contributed by atoms with Gasteiger partial charge in [0.15, 0.2) is 0 Å². The summed E-state index contributed by atoms with van der Waals surface area (Å²) in [4.78, 5) is 4.27. The summed E-state index contributed by atoms with van der Waals surface area (Å²) in [6.07, 6.45) is 1.81. The number of halogens is 1. The van der Waals surface area contributed by atoms with Gasteiger partial charge in [-0.25, -0.2) is 4.98 Å². The largest absolute Gasteiger partial charge is 0.439 e. The van der Waals surface area contributed by atoms with E-state index in [4.69, 9.17) is 16.3 Å². The van der Waals surface area contributed by atoms with E-state index in [0.29, 0.717) is 16.7 Å². The Morgan fingerprint density at radius 2 is 2.11 bits per heavy atom. The van der Waals surface area contributed by atoms with Crippen molar-refractivity contribution in [3.05, 3.63) is 53.2 Å². The van der Waals surface area contributed by atoms with Gasteiger partial charge in [-0.15, -0.1) is 0 Å². The van der Waals surface area contributed by atoms with E-state index < -0.39 is 0 Å². The van der Waals surface area contributed by atoms with Crippen LogP contribution in [0, 0.1) is 0 Å². The molecule has 1 aromatic carbocycles. The van der Waals surface area contributed by atoms with Gasteiger partial charge < -0.3 is 10.1 Å². The minimum atomic E-state index is 0.276. The fraction of sp³-hybridized carbons (Fsp3) is 0.214. The highest BCUT2D eigenvalue weighted by molar-refractivity contribution is 6.30. The maximum atomic E-state index is 5.89. The summed E-state index contributed by atoms with van der Waals surface area (Å²) in [5, 5.41) is 3.81. The zero-order chi connectivity index (χ0) is 13.0. The van der Waals surface area contributed by atoms with Gasteiger partial charge in [0, 0.05) is 23.3 Å². The first-order valence-electron chi connectivity index (χ1n) is 5.75. The summed E-state index contributed by atoms with van der Waals surface area (Å²) in [7, 11) is 1.92. The molecule has 4 heteroatoms. The second kappa shape index (κ2) is 5.85. The third kappa shape index (κ3) is 3.22. The smallest absolute Gasteiger partial charge is 0.219 e. The Labute approximate surface area is 112 Å². The first-order valence-corrected chi connectivity index (χ1v) is 6.13. The molecule has 0 aliphatic carbocycles. The molecule has 1 aromatic heterocycles. The summed E-state index contributed by atoms with van der Waals surface area (Å²) in [6.45, 7) is 2.08. The molecule has 1 N–H and O–H groups in total. The molecule has 1 heterocycles. The number of nitrogens with one attached hydrogen (secondary N) is 1. The van der Waals surface area contributed by atoms with Crippen molar-refractivity contribution in [3.8, 4) is 11.6 Å². The molecule has 0 bridgehead atoms. The lowest BCUT2D eigenvalue weighted by Crippen LogP contribution is -2.12. The Balaban J connectivity index is 2.11. The van der Waals surface area contributed by atoms with Crippen LogP contribution in [0.25, 0.3) is 0 Å². The van der Waals surface area contributed by atoms with Gasteiger partial charge >= 0.3 is 0 Å². The van der Waals surface area contributed by atoms with Crippen LogP contribution >= 0.6 is 11.6 Å². The zero-order valence-corrected chi connectivity index (χ0v) is 11.1. The normalized spacial score (nSPS) is 12.2. The molecule has 0 aliphatic heterocycles. The van der Waals surface area contributed by atoms with Gasteiger partial charge in [-0.05, 0) is 37.7 Å². The van der Waals surface area contributed by atoms with E-state index >= 15 is 0 Å². The molecule has 1 unspecified atom stereocenters. The number of ether oxygens (including phenoxy) is 1. The number of benzene rings is 1. The van der Waals surface area contributed by atoms with Crippen molar-refractivity contribution in [2.24, 2.45) is 0 Å². The van der Waals surface area contributed by atoms with E-state index in [-0.39, 0.29) is 6.04 Å². The van der Waals surface area contributed by atoms with Crippen LogP contribution in [0.15, 0.2) is 42.6 Å². The van der Waals surface area contributed by atoms with Crippen molar-refractivity contribution >= 4 is 11.6 Å². The van der Waals surface area contributed by atoms with E-state index in [0.717, 1.165) is 5.56 Å². The molecule has 0 saturated carbocycles. The Morgan fingerprint density at radius 3 is 2.72 bits per heavy atom. The van der Waals surface area contributed by atoms with E-state index in [1.807, 2.05) is 31.3 Å². The zero-order valence-electron chi connectivity index (χ0n) is 10.4. The number of aromatic nitrogens is 1. The van der Waals surface area contributed by atoms with E-state index in [9.17, 15) is 0 Å².